The van der Waals surface area contributed by atoms with Gasteiger partial charge in [0.25, 0.3) is 0 Å². The molecule has 0 aliphatic carbocycles. The van der Waals surface area contributed by atoms with Gasteiger partial charge in [-0.3, -0.25) is 4.79 Å². The largest absolute Gasteiger partial charge is 0.345 e. The maximum atomic E-state index is 11.4. The Kier molecular flexibility index (Phi) is 34.0. The van der Waals surface area contributed by atoms with Gasteiger partial charge in [0.1, 0.15) is 0 Å². The van der Waals surface area contributed by atoms with E-state index in [2.05, 4.69) is 38.2 Å². The van der Waals surface area contributed by atoms with Crippen LogP contribution in [0.25, 0.3) is 0 Å². The zero-order valence-electron chi connectivity index (χ0n) is 27.0. The van der Waals surface area contributed by atoms with Gasteiger partial charge in [-0.15, -0.1) is 0 Å². The molecule has 2 nitrogen and oxygen atoms in total. The van der Waals surface area contributed by atoms with E-state index >= 15 is 0 Å². The highest BCUT2D eigenvalue weighted by Crippen LogP contribution is 2.12. The van der Waals surface area contributed by atoms with Crippen LogP contribution in [0.5, 0.6) is 0 Å². The Hall–Kier alpha value is -1.05. The van der Waals surface area contributed by atoms with Gasteiger partial charge in [0.2, 0.25) is 6.41 Å². The summed E-state index contributed by atoms with van der Waals surface area (Å²) in [6.45, 7) is 6.48. The minimum Gasteiger partial charge on any atom is -0.345 e. The topological polar surface area (TPSA) is 20.3 Å². The predicted octanol–water partition coefficient (Wildman–Crippen LogP) is 12.5. The lowest BCUT2D eigenvalue weighted by Gasteiger charge is -2.17. The molecule has 0 N–H and O–H groups in total. The van der Waals surface area contributed by atoms with Gasteiger partial charge in [0.05, 0.1) is 0 Å². The number of unbranched alkanes of at least 4 members (excludes halogenated alkanes) is 24. The van der Waals surface area contributed by atoms with Crippen LogP contribution in [-0.2, 0) is 4.79 Å². The number of amides is 1. The van der Waals surface area contributed by atoms with Crippen LogP contribution in [0.1, 0.15) is 194 Å². The van der Waals surface area contributed by atoms with Crippen LogP contribution in [0.2, 0.25) is 0 Å². The fourth-order valence-electron chi connectivity index (χ4n) is 5.34. The van der Waals surface area contributed by atoms with Crippen molar-refractivity contribution in [1.29, 1.82) is 0 Å². The third-order valence-electron chi connectivity index (χ3n) is 8.06. The first-order valence-corrected chi connectivity index (χ1v) is 17.8. The number of nitrogens with zero attached hydrogens (tertiary/aromatic N) is 1. The summed E-state index contributed by atoms with van der Waals surface area (Å²) in [5, 5.41) is 0. The van der Waals surface area contributed by atoms with Crippen LogP contribution < -0.4 is 0 Å². The summed E-state index contributed by atoms with van der Waals surface area (Å²) < 4.78 is 0. The number of hydrogen-bond donors (Lipinski definition) is 0. The highest BCUT2D eigenvalue weighted by atomic mass is 16.1. The van der Waals surface area contributed by atoms with Gasteiger partial charge in [0, 0.05) is 13.1 Å². The van der Waals surface area contributed by atoms with Crippen molar-refractivity contribution in [2.45, 2.75) is 194 Å². The molecule has 0 heterocycles. The number of carbonyl (C=O) groups excluding carboxylic acids is 1. The van der Waals surface area contributed by atoms with E-state index in [0.717, 1.165) is 19.5 Å². The van der Waals surface area contributed by atoms with E-state index in [9.17, 15) is 4.79 Å². The average molecular weight is 546 g/mol. The zero-order valence-corrected chi connectivity index (χ0v) is 27.0. The summed E-state index contributed by atoms with van der Waals surface area (Å²) in [4.78, 5) is 13.4. The number of hydrogen-bond acceptors (Lipinski definition) is 1. The van der Waals surface area contributed by atoms with E-state index in [1.54, 1.807) is 0 Å². The second-order valence-electron chi connectivity index (χ2n) is 12.0. The molecule has 0 aliphatic heterocycles. The number of carbonyl (C=O) groups is 1. The predicted molar refractivity (Wildman–Crippen MR) is 177 cm³/mol. The molecular formula is C37H71NO. The summed E-state index contributed by atoms with van der Waals surface area (Å²) >= 11 is 0. The second-order valence-corrected chi connectivity index (χ2v) is 12.0. The van der Waals surface area contributed by atoms with Crippen molar-refractivity contribution >= 4 is 6.41 Å². The van der Waals surface area contributed by atoms with Crippen LogP contribution in [0, 0.1) is 0 Å². The molecule has 0 radical (unpaired) electrons. The van der Waals surface area contributed by atoms with Crippen LogP contribution in [0.15, 0.2) is 24.3 Å². The molecule has 0 aromatic rings. The Morgan fingerprint density at radius 2 is 0.615 bits per heavy atom. The van der Waals surface area contributed by atoms with Gasteiger partial charge in [-0.05, 0) is 64.2 Å². The number of allylic oxidation sites excluding steroid dienone is 4. The lowest BCUT2D eigenvalue weighted by atomic mass is 10.1. The van der Waals surface area contributed by atoms with E-state index in [4.69, 9.17) is 0 Å². The molecule has 0 aromatic carbocycles. The molecule has 0 unspecified atom stereocenters. The monoisotopic (exact) mass is 546 g/mol. The van der Waals surface area contributed by atoms with Crippen molar-refractivity contribution in [2.24, 2.45) is 0 Å². The molecule has 0 aromatic heterocycles. The van der Waals surface area contributed by atoms with Crippen molar-refractivity contribution < 1.29 is 4.79 Å². The summed E-state index contributed by atoms with van der Waals surface area (Å²) in [6.07, 6.45) is 48.1. The van der Waals surface area contributed by atoms with Gasteiger partial charge in [-0.1, -0.05) is 154 Å². The van der Waals surface area contributed by atoms with E-state index < -0.39 is 0 Å². The Balaban J connectivity index is 3.35. The Bertz CT molecular complexity index is 470. The highest BCUT2D eigenvalue weighted by Gasteiger charge is 2.01. The minimum absolute atomic E-state index is 0.954. The average Bonchev–Trinajstić information content (AvgIpc) is 2.95. The standard InChI is InChI=1S/C37H71NO/c1-3-5-7-9-11-13-15-17-19-21-23-25-27-29-31-33-35-38(37-39)36-34-32-30-28-26-24-22-20-18-16-14-12-10-8-6-4-2/h17-20,37H,3-16,21-36H2,1-2H3/b19-17-,20-18-. The highest BCUT2D eigenvalue weighted by molar-refractivity contribution is 5.46. The Labute approximate surface area is 246 Å². The molecule has 0 bridgehead atoms. The third kappa shape index (κ3) is 33.1. The maximum absolute atomic E-state index is 11.4. The molecule has 2 heteroatoms. The lowest BCUT2D eigenvalue weighted by Crippen LogP contribution is -2.24. The van der Waals surface area contributed by atoms with Crippen molar-refractivity contribution in [3.8, 4) is 0 Å². The van der Waals surface area contributed by atoms with Crippen molar-refractivity contribution in [1.82, 2.24) is 4.90 Å². The minimum atomic E-state index is 0.954. The van der Waals surface area contributed by atoms with Gasteiger partial charge in [0.15, 0.2) is 0 Å². The molecule has 0 aliphatic rings. The summed E-state index contributed by atoms with van der Waals surface area (Å²) in [5.41, 5.74) is 0. The molecule has 0 saturated heterocycles. The van der Waals surface area contributed by atoms with E-state index in [1.165, 1.54) is 180 Å². The van der Waals surface area contributed by atoms with Gasteiger partial charge >= 0.3 is 0 Å². The molecule has 0 fully saturated rings. The summed E-state index contributed by atoms with van der Waals surface area (Å²) in [7, 11) is 0. The maximum Gasteiger partial charge on any atom is 0.209 e. The molecular weight excluding hydrogens is 474 g/mol. The van der Waals surface area contributed by atoms with Crippen molar-refractivity contribution in [2.75, 3.05) is 13.1 Å². The quantitative estimate of drug-likeness (QED) is 0.0456. The lowest BCUT2D eigenvalue weighted by molar-refractivity contribution is -0.118. The van der Waals surface area contributed by atoms with E-state index in [0.29, 0.717) is 0 Å². The van der Waals surface area contributed by atoms with Crippen LogP contribution in [0.3, 0.4) is 0 Å². The third-order valence-corrected chi connectivity index (χ3v) is 8.06. The Morgan fingerprint density at radius 1 is 0.359 bits per heavy atom. The fraction of sp³-hybridized carbons (Fsp3) is 0.865. The van der Waals surface area contributed by atoms with Crippen LogP contribution in [-0.4, -0.2) is 24.4 Å². The summed E-state index contributed by atoms with van der Waals surface area (Å²) in [6, 6.07) is 0. The first kappa shape index (κ1) is 38.0. The van der Waals surface area contributed by atoms with Gasteiger partial charge in [-0.2, -0.15) is 0 Å². The first-order chi connectivity index (χ1) is 19.3. The first-order valence-electron chi connectivity index (χ1n) is 17.8. The second kappa shape index (κ2) is 35.0. The SMILES string of the molecule is CCCCCCCC/C=C\CCCCCCCCN(C=O)CCCCCCCC/C=C\CCCCCCCC. The van der Waals surface area contributed by atoms with Crippen molar-refractivity contribution in [3.05, 3.63) is 24.3 Å². The van der Waals surface area contributed by atoms with Crippen LogP contribution in [0.4, 0.5) is 0 Å². The molecule has 0 atom stereocenters. The van der Waals surface area contributed by atoms with Crippen LogP contribution >= 0.6 is 0 Å². The molecule has 1 amide bonds. The summed E-state index contributed by atoms with van der Waals surface area (Å²) in [5.74, 6) is 0. The Morgan fingerprint density at radius 3 is 0.897 bits per heavy atom. The molecule has 39 heavy (non-hydrogen) atoms. The van der Waals surface area contributed by atoms with E-state index in [1.807, 2.05) is 4.90 Å². The van der Waals surface area contributed by atoms with Gasteiger partial charge < -0.3 is 4.90 Å². The zero-order chi connectivity index (χ0) is 28.3. The van der Waals surface area contributed by atoms with Crippen molar-refractivity contribution in [3.63, 3.8) is 0 Å². The smallest absolute Gasteiger partial charge is 0.209 e. The molecule has 0 saturated carbocycles. The van der Waals surface area contributed by atoms with E-state index in [-0.39, 0.29) is 0 Å². The fourth-order valence-corrected chi connectivity index (χ4v) is 5.34. The number of rotatable bonds is 33. The normalized spacial score (nSPS) is 11.7. The van der Waals surface area contributed by atoms with Gasteiger partial charge in [-0.25, -0.2) is 0 Å². The molecule has 230 valence electrons. The molecule has 0 rings (SSSR count). The molecule has 0 spiro atoms.